The molecule has 0 aliphatic heterocycles. The van der Waals surface area contributed by atoms with Crippen LogP contribution in [0.2, 0.25) is 0 Å². The molecule has 1 fully saturated rings. The fourth-order valence-electron chi connectivity index (χ4n) is 1.28. The summed E-state index contributed by atoms with van der Waals surface area (Å²) < 4.78 is 41.9. The van der Waals surface area contributed by atoms with Gasteiger partial charge in [0.2, 0.25) is 0 Å². The zero-order valence-corrected chi connectivity index (χ0v) is 6.67. The molecule has 1 N–H and O–H groups in total. The topological polar surface area (TPSA) is 46.5 Å². The summed E-state index contributed by atoms with van der Waals surface area (Å²) in [6.45, 7) is 0. The largest absolute Gasteiger partial charge is 0.506 e. The van der Waals surface area contributed by atoms with Gasteiger partial charge in [0.05, 0.1) is 0 Å². The normalized spacial score (nSPS) is 32.5. The third kappa shape index (κ3) is 2.50. The van der Waals surface area contributed by atoms with E-state index in [-0.39, 0.29) is 6.42 Å². The molecule has 0 amide bonds. The molecule has 0 aromatic rings. The monoisotopic (exact) mass is 198 g/mol. The van der Waals surface area contributed by atoms with Crippen LogP contribution in [-0.4, -0.2) is 29.5 Å². The fourth-order valence-corrected chi connectivity index (χ4v) is 1.28. The summed E-state index contributed by atoms with van der Waals surface area (Å²) >= 11 is 0. The Labute approximate surface area is 72.5 Å². The van der Waals surface area contributed by atoms with Crippen LogP contribution in [0.15, 0.2) is 0 Å². The number of alkyl halides is 3. The van der Waals surface area contributed by atoms with Gasteiger partial charge in [0, 0.05) is 12.8 Å². The second kappa shape index (κ2) is 3.43. The molecule has 3 nitrogen and oxygen atoms in total. The minimum absolute atomic E-state index is 0.125. The first-order valence-corrected chi connectivity index (χ1v) is 3.83. The molecule has 0 saturated heterocycles. The van der Waals surface area contributed by atoms with Crippen molar-refractivity contribution in [3.8, 4) is 0 Å². The molecule has 0 bridgehead atoms. The molecule has 2 atom stereocenters. The molecule has 6 heteroatoms. The first kappa shape index (κ1) is 10.1. The van der Waals surface area contributed by atoms with E-state index in [2.05, 4.69) is 4.74 Å². The first-order valence-electron chi connectivity index (χ1n) is 3.83. The lowest BCUT2D eigenvalue weighted by atomic mass is 9.92. The van der Waals surface area contributed by atoms with Gasteiger partial charge in [-0.1, -0.05) is 0 Å². The van der Waals surface area contributed by atoms with E-state index in [0.29, 0.717) is 0 Å². The van der Waals surface area contributed by atoms with Crippen molar-refractivity contribution < 1.29 is 27.8 Å². The molecule has 0 aromatic carbocycles. The molecular weight excluding hydrogens is 189 g/mol. The van der Waals surface area contributed by atoms with Crippen molar-refractivity contribution in [3.05, 3.63) is 0 Å². The Morgan fingerprint density at radius 3 is 2.62 bits per heavy atom. The molecule has 0 spiro atoms. The second-order valence-corrected chi connectivity index (χ2v) is 3.01. The summed E-state index contributed by atoms with van der Waals surface area (Å²) in [6.07, 6.45) is -6.13. The predicted octanol–water partition coefficient (Wildman–Crippen LogP) is 2.21. The van der Waals surface area contributed by atoms with Crippen molar-refractivity contribution in [2.45, 2.75) is 37.5 Å². The van der Waals surface area contributed by atoms with Gasteiger partial charge in [-0.15, -0.1) is 0 Å². The van der Waals surface area contributed by atoms with Crippen molar-refractivity contribution in [1.82, 2.24) is 0 Å². The van der Waals surface area contributed by atoms with Crippen LogP contribution in [0.4, 0.5) is 18.0 Å². The van der Waals surface area contributed by atoms with Gasteiger partial charge in [-0.05, 0) is 6.42 Å². The Kier molecular flexibility index (Phi) is 2.68. The lowest BCUT2D eigenvalue weighted by Crippen LogP contribution is -2.40. The highest BCUT2D eigenvalue weighted by Crippen LogP contribution is 2.36. The molecule has 0 aromatic heterocycles. The van der Waals surface area contributed by atoms with Gasteiger partial charge in [0.1, 0.15) is 6.10 Å². The van der Waals surface area contributed by atoms with E-state index >= 15 is 0 Å². The summed E-state index contributed by atoms with van der Waals surface area (Å²) in [5.74, 6) is -3.33. The Balaban J connectivity index is 2.46. The van der Waals surface area contributed by atoms with E-state index in [4.69, 9.17) is 5.11 Å². The van der Waals surface area contributed by atoms with E-state index in [1.54, 1.807) is 0 Å². The minimum atomic E-state index is -3.33. The van der Waals surface area contributed by atoms with Gasteiger partial charge in [-0.3, -0.25) is 0 Å². The summed E-state index contributed by atoms with van der Waals surface area (Å²) in [7, 11) is 0. The predicted molar refractivity (Wildman–Crippen MR) is 36.6 cm³/mol. The molecule has 1 aliphatic rings. The van der Waals surface area contributed by atoms with Crippen LogP contribution in [0, 0.1) is 0 Å². The van der Waals surface area contributed by atoms with Crippen molar-refractivity contribution >= 4 is 6.16 Å². The van der Waals surface area contributed by atoms with Crippen LogP contribution in [-0.2, 0) is 4.74 Å². The standard InChI is InChI=1S/C7H9F3O3/c8-5-3-4(13-6(11)12)1-2-7(5,9)10/h4-5H,1-3H2,(H,11,12)/t4-,5+/m0/s1. The van der Waals surface area contributed by atoms with Crippen LogP contribution < -0.4 is 0 Å². The fraction of sp³-hybridized carbons (Fsp3) is 0.857. The quantitative estimate of drug-likeness (QED) is 0.657. The van der Waals surface area contributed by atoms with Crippen molar-refractivity contribution in [2.75, 3.05) is 0 Å². The maximum Gasteiger partial charge on any atom is 0.506 e. The number of ether oxygens (including phenoxy) is 1. The second-order valence-electron chi connectivity index (χ2n) is 3.01. The highest BCUT2D eigenvalue weighted by atomic mass is 19.3. The van der Waals surface area contributed by atoms with Crippen molar-refractivity contribution in [2.24, 2.45) is 0 Å². The number of carbonyl (C=O) groups is 1. The molecule has 1 rings (SSSR count). The van der Waals surface area contributed by atoms with Crippen LogP contribution in [0.5, 0.6) is 0 Å². The number of carboxylic acid groups (broad SMARTS) is 1. The maximum atomic E-state index is 12.6. The smallest absolute Gasteiger partial charge is 0.450 e. The van der Waals surface area contributed by atoms with Gasteiger partial charge in [0.15, 0.2) is 6.17 Å². The zero-order valence-electron chi connectivity index (χ0n) is 6.67. The highest BCUT2D eigenvalue weighted by Gasteiger charge is 2.46. The van der Waals surface area contributed by atoms with Gasteiger partial charge in [-0.25, -0.2) is 18.0 Å². The SMILES string of the molecule is O=C(O)O[C@H]1CCC(F)(F)[C@H](F)C1. The first-order chi connectivity index (χ1) is 5.92. The van der Waals surface area contributed by atoms with E-state index in [1.165, 1.54) is 0 Å². The zero-order chi connectivity index (χ0) is 10.1. The maximum absolute atomic E-state index is 12.6. The number of halogens is 3. The summed E-state index contributed by atoms with van der Waals surface area (Å²) in [5.41, 5.74) is 0. The van der Waals surface area contributed by atoms with Crippen LogP contribution >= 0.6 is 0 Å². The molecule has 1 saturated carbocycles. The highest BCUT2D eigenvalue weighted by molar-refractivity contribution is 5.57. The average Bonchev–Trinajstić information content (AvgIpc) is 1.97. The summed E-state index contributed by atoms with van der Waals surface area (Å²) in [4.78, 5) is 10.0. The van der Waals surface area contributed by atoms with Gasteiger partial charge < -0.3 is 9.84 Å². The average molecular weight is 198 g/mol. The van der Waals surface area contributed by atoms with Gasteiger partial charge >= 0.3 is 6.16 Å². The van der Waals surface area contributed by atoms with Crippen molar-refractivity contribution in [3.63, 3.8) is 0 Å². The molecule has 0 heterocycles. The lowest BCUT2D eigenvalue weighted by Gasteiger charge is -2.30. The van der Waals surface area contributed by atoms with Crippen LogP contribution in [0.1, 0.15) is 19.3 Å². The molecule has 0 radical (unpaired) electrons. The molecule has 0 unspecified atom stereocenters. The number of hydrogen-bond acceptors (Lipinski definition) is 2. The summed E-state index contributed by atoms with van der Waals surface area (Å²) in [6, 6.07) is 0. The molecular formula is C7H9F3O3. The van der Waals surface area contributed by atoms with E-state index in [0.717, 1.165) is 0 Å². The van der Waals surface area contributed by atoms with Gasteiger partial charge in [-0.2, -0.15) is 0 Å². The Hall–Kier alpha value is -0.940. The molecule has 13 heavy (non-hydrogen) atoms. The third-order valence-electron chi connectivity index (χ3n) is 2.00. The van der Waals surface area contributed by atoms with E-state index in [9.17, 15) is 18.0 Å². The Morgan fingerprint density at radius 1 is 1.54 bits per heavy atom. The minimum Gasteiger partial charge on any atom is -0.450 e. The molecule has 1 aliphatic carbocycles. The van der Waals surface area contributed by atoms with E-state index in [1.807, 2.05) is 0 Å². The lowest BCUT2D eigenvalue weighted by molar-refractivity contribution is -0.125. The third-order valence-corrected chi connectivity index (χ3v) is 2.00. The van der Waals surface area contributed by atoms with Crippen molar-refractivity contribution in [1.29, 1.82) is 0 Å². The van der Waals surface area contributed by atoms with Crippen LogP contribution in [0.3, 0.4) is 0 Å². The molecule has 76 valence electrons. The van der Waals surface area contributed by atoms with Crippen LogP contribution in [0.25, 0.3) is 0 Å². The van der Waals surface area contributed by atoms with Gasteiger partial charge in [0.25, 0.3) is 5.92 Å². The number of hydrogen-bond donors (Lipinski definition) is 1. The Bertz CT molecular complexity index is 207. The number of rotatable bonds is 1. The van der Waals surface area contributed by atoms with E-state index < -0.39 is 37.2 Å². The summed E-state index contributed by atoms with van der Waals surface area (Å²) in [5, 5.41) is 8.15. The Morgan fingerprint density at radius 2 is 2.15 bits per heavy atom.